The summed E-state index contributed by atoms with van der Waals surface area (Å²) in [4.78, 5) is 10.1. The lowest BCUT2D eigenvalue weighted by molar-refractivity contribution is 0.544. The summed E-state index contributed by atoms with van der Waals surface area (Å²) in [5.74, 6) is 2.03. The first kappa shape index (κ1) is 13.1. The topological polar surface area (TPSA) is 47.7 Å². The molecule has 5 nitrogen and oxygen atoms in total. The molecule has 1 atom stereocenters. The van der Waals surface area contributed by atoms with Gasteiger partial charge in [-0.2, -0.15) is 0 Å². The molecule has 0 saturated carbocycles. The van der Waals surface area contributed by atoms with Crippen LogP contribution in [-0.2, 0) is 20.6 Å². The van der Waals surface area contributed by atoms with Crippen molar-refractivity contribution in [3.05, 3.63) is 58.8 Å². The molecule has 0 aliphatic carbocycles. The number of hydrogen-bond acceptors (Lipinski definition) is 4. The Bertz CT molecular complexity index is 667. The fourth-order valence-electron chi connectivity index (χ4n) is 2.19. The second-order valence-corrected chi connectivity index (χ2v) is 5.66. The Labute approximate surface area is 121 Å². The highest BCUT2D eigenvalue weighted by molar-refractivity contribution is 7.10. The molecule has 6 heteroatoms. The Morgan fingerprint density at radius 1 is 1.20 bits per heavy atom. The van der Waals surface area contributed by atoms with Crippen LogP contribution in [0.3, 0.4) is 0 Å². The minimum atomic E-state index is 0.0895. The number of aromatic nitrogens is 4. The van der Waals surface area contributed by atoms with Gasteiger partial charge in [0.15, 0.2) is 0 Å². The maximum Gasteiger partial charge on any atom is 0.131 e. The van der Waals surface area contributed by atoms with Crippen LogP contribution >= 0.6 is 11.3 Å². The maximum atomic E-state index is 4.47. The van der Waals surface area contributed by atoms with Gasteiger partial charge in [0.2, 0.25) is 0 Å². The normalized spacial score (nSPS) is 12.7. The molecule has 0 aliphatic heterocycles. The monoisotopic (exact) mass is 287 g/mol. The van der Waals surface area contributed by atoms with E-state index >= 15 is 0 Å². The lowest BCUT2D eigenvalue weighted by atomic mass is 10.2. The number of imidazole rings is 2. The number of nitrogens with one attached hydrogen (secondary N) is 1. The van der Waals surface area contributed by atoms with Gasteiger partial charge < -0.3 is 9.13 Å². The fourth-order valence-corrected chi connectivity index (χ4v) is 2.99. The van der Waals surface area contributed by atoms with E-state index in [9.17, 15) is 0 Å². The summed E-state index contributed by atoms with van der Waals surface area (Å²) in [6.45, 7) is 0.707. The first-order chi connectivity index (χ1) is 9.75. The standard InChI is InChI=1S/C14H17N5S/c1-18-7-5-15-12(18)10-17-13(11-4-3-9-20-11)14-16-6-8-19(14)2/h3-9,13,17H,10H2,1-2H3. The zero-order valence-electron chi connectivity index (χ0n) is 11.5. The van der Waals surface area contributed by atoms with Crippen molar-refractivity contribution in [3.8, 4) is 0 Å². The van der Waals surface area contributed by atoms with Crippen molar-refractivity contribution in [2.24, 2.45) is 14.1 Å². The smallest absolute Gasteiger partial charge is 0.131 e. The predicted molar refractivity (Wildman–Crippen MR) is 79.4 cm³/mol. The molecule has 1 unspecified atom stereocenters. The third kappa shape index (κ3) is 2.52. The van der Waals surface area contributed by atoms with Gasteiger partial charge in [0.1, 0.15) is 17.7 Å². The summed E-state index contributed by atoms with van der Waals surface area (Å²) >= 11 is 1.74. The van der Waals surface area contributed by atoms with Crippen molar-refractivity contribution in [3.63, 3.8) is 0 Å². The third-order valence-electron chi connectivity index (χ3n) is 3.33. The van der Waals surface area contributed by atoms with Crippen LogP contribution in [-0.4, -0.2) is 19.1 Å². The molecule has 3 aromatic heterocycles. The minimum absolute atomic E-state index is 0.0895. The number of nitrogens with zero attached hydrogens (tertiary/aromatic N) is 4. The molecule has 104 valence electrons. The fraction of sp³-hybridized carbons (Fsp3) is 0.286. The van der Waals surface area contributed by atoms with Crippen LogP contribution in [0.1, 0.15) is 22.6 Å². The van der Waals surface area contributed by atoms with Crippen LogP contribution in [0.25, 0.3) is 0 Å². The highest BCUT2D eigenvalue weighted by atomic mass is 32.1. The summed E-state index contributed by atoms with van der Waals surface area (Å²) in [7, 11) is 4.02. The quantitative estimate of drug-likeness (QED) is 0.781. The number of hydrogen-bond donors (Lipinski definition) is 1. The third-order valence-corrected chi connectivity index (χ3v) is 4.27. The first-order valence-electron chi connectivity index (χ1n) is 6.46. The van der Waals surface area contributed by atoms with Gasteiger partial charge in [-0.1, -0.05) is 6.07 Å². The molecular weight excluding hydrogens is 270 g/mol. The van der Waals surface area contributed by atoms with E-state index in [-0.39, 0.29) is 6.04 Å². The molecule has 3 heterocycles. The van der Waals surface area contributed by atoms with Crippen LogP contribution in [0.4, 0.5) is 0 Å². The average molecular weight is 287 g/mol. The zero-order valence-corrected chi connectivity index (χ0v) is 12.3. The lowest BCUT2D eigenvalue weighted by Gasteiger charge is -2.17. The Balaban J connectivity index is 1.84. The molecule has 0 amide bonds. The second kappa shape index (κ2) is 5.60. The van der Waals surface area contributed by atoms with Gasteiger partial charge in [-0.25, -0.2) is 9.97 Å². The van der Waals surface area contributed by atoms with Crippen molar-refractivity contribution in [1.29, 1.82) is 0 Å². The molecule has 0 aliphatic rings. The molecule has 3 aromatic rings. The Morgan fingerprint density at radius 3 is 2.60 bits per heavy atom. The summed E-state index contributed by atoms with van der Waals surface area (Å²) in [5.41, 5.74) is 0. The number of thiophene rings is 1. The lowest BCUT2D eigenvalue weighted by Crippen LogP contribution is -2.25. The van der Waals surface area contributed by atoms with Gasteiger partial charge in [-0.3, -0.25) is 5.32 Å². The molecule has 0 aromatic carbocycles. The summed E-state index contributed by atoms with van der Waals surface area (Å²) in [5, 5.41) is 5.64. The Morgan fingerprint density at radius 2 is 2.00 bits per heavy atom. The van der Waals surface area contributed by atoms with Crippen molar-refractivity contribution < 1.29 is 0 Å². The van der Waals surface area contributed by atoms with E-state index in [0.717, 1.165) is 11.6 Å². The van der Waals surface area contributed by atoms with Gasteiger partial charge in [0, 0.05) is 43.8 Å². The second-order valence-electron chi connectivity index (χ2n) is 4.68. The van der Waals surface area contributed by atoms with Crippen LogP contribution < -0.4 is 5.32 Å². The summed E-state index contributed by atoms with van der Waals surface area (Å²) in [6.07, 6.45) is 7.58. The molecule has 3 rings (SSSR count). The number of aryl methyl sites for hydroxylation is 2. The highest BCUT2D eigenvalue weighted by Gasteiger charge is 2.19. The minimum Gasteiger partial charge on any atom is -0.337 e. The van der Waals surface area contributed by atoms with Gasteiger partial charge in [0.05, 0.1) is 6.54 Å². The molecule has 0 fully saturated rings. The van der Waals surface area contributed by atoms with Gasteiger partial charge in [-0.05, 0) is 11.4 Å². The van der Waals surface area contributed by atoms with E-state index in [1.807, 2.05) is 43.4 Å². The van der Waals surface area contributed by atoms with Crippen molar-refractivity contribution >= 4 is 11.3 Å². The first-order valence-corrected chi connectivity index (χ1v) is 7.34. The summed E-state index contributed by atoms with van der Waals surface area (Å²) < 4.78 is 4.08. The van der Waals surface area contributed by atoms with E-state index in [2.05, 4.69) is 37.4 Å². The molecule has 1 N–H and O–H groups in total. The molecule has 0 spiro atoms. The number of rotatable bonds is 5. The van der Waals surface area contributed by atoms with E-state index in [1.54, 1.807) is 11.3 Å². The zero-order chi connectivity index (χ0) is 13.9. The van der Waals surface area contributed by atoms with E-state index < -0.39 is 0 Å². The van der Waals surface area contributed by atoms with E-state index in [0.29, 0.717) is 6.54 Å². The maximum absolute atomic E-state index is 4.47. The van der Waals surface area contributed by atoms with E-state index in [4.69, 9.17) is 0 Å². The van der Waals surface area contributed by atoms with Gasteiger partial charge in [0.25, 0.3) is 0 Å². The van der Waals surface area contributed by atoms with E-state index in [1.165, 1.54) is 4.88 Å². The van der Waals surface area contributed by atoms with Crippen molar-refractivity contribution in [1.82, 2.24) is 24.4 Å². The average Bonchev–Trinajstić information content (AvgIpc) is 3.15. The van der Waals surface area contributed by atoms with Crippen LogP contribution in [0, 0.1) is 0 Å². The van der Waals surface area contributed by atoms with Crippen LogP contribution in [0.15, 0.2) is 42.3 Å². The van der Waals surface area contributed by atoms with Gasteiger partial charge >= 0.3 is 0 Å². The predicted octanol–water partition coefficient (Wildman–Crippen LogP) is 2.09. The molecule has 20 heavy (non-hydrogen) atoms. The van der Waals surface area contributed by atoms with Crippen molar-refractivity contribution in [2.45, 2.75) is 12.6 Å². The highest BCUT2D eigenvalue weighted by Crippen LogP contribution is 2.24. The molecule has 0 bridgehead atoms. The molecular formula is C14H17N5S. The van der Waals surface area contributed by atoms with Crippen LogP contribution in [0.5, 0.6) is 0 Å². The summed E-state index contributed by atoms with van der Waals surface area (Å²) in [6, 6.07) is 4.29. The van der Waals surface area contributed by atoms with Crippen LogP contribution in [0.2, 0.25) is 0 Å². The Kier molecular flexibility index (Phi) is 3.66. The van der Waals surface area contributed by atoms with Crippen molar-refractivity contribution in [2.75, 3.05) is 0 Å². The van der Waals surface area contributed by atoms with Gasteiger partial charge in [-0.15, -0.1) is 11.3 Å². The largest absolute Gasteiger partial charge is 0.337 e. The molecule has 0 saturated heterocycles. The Hall–Kier alpha value is -1.92. The molecule has 0 radical (unpaired) electrons. The SMILES string of the molecule is Cn1ccnc1CNC(c1cccs1)c1nccn1C.